The van der Waals surface area contributed by atoms with Crippen molar-refractivity contribution in [3.8, 4) is 0 Å². The Morgan fingerprint density at radius 2 is 2.45 bits per heavy atom. The van der Waals surface area contributed by atoms with Crippen LogP contribution in [0, 0.1) is 5.92 Å². The second kappa shape index (κ2) is 8.74. The Kier molecular flexibility index (Phi) is 6.98. The molecule has 2 atom stereocenters. The summed E-state index contributed by atoms with van der Waals surface area (Å²) in [5.41, 5.74) is 0. The lowest BCUT2D eigenvalue weighted by atomic mass is 9.93. The molecule has 2 amide bonds. The molecular weight excluding hydrogens is 316 g/mol. The Balaban J connectivity index is 1.63. The number of rotatable bonds is 6. The zero-order chi connectivity index (χ0) is 15.9. The lowest BCUT2D eigenvalue weighted by Gasteiger charge is -2.39. The molecule has 1 fully saturated rings. The highest BCUT2D eigenvalue weighted by Crippen LogP contribution is 2.21. The number of nitrogens with one attached hydrogen (secondary N) is 1. The van der Waals surface area contributed by atoms with Crippen LogP contribution in [0.4, 0.5) is 4.79 Å². The van der Waals surface area contributed by atoms with Crippen molar-refractivity contribution in [2.45, 2.75) is 30.1 Å². The number of amides is 2. The number of hydrogen-bond donors (Lipinski definition) is 1. The molecule has 0 bridgehead atoms. The first-order valence-corrected chi connectivity index (χ1v) is 9.66. The van der Waals surface area contributed by atoms with Crippen molar-refractivity contribution in [1.82, 2.24) is 20.1 Å². The minimum atomic E-state index is 0.0562. The molecule has 2 heterocycles. The van der Waals surface area contributed by atoms with E-state index in [9.17, 15) is 4.79 Å². The predicted molar refractivity (Wildman–Crippen MR) is 93.7 cm³/mol. The summed E-state index contributed by atoms with van der Waals surface area (Å²) in [6, 6.07) is 0.404. The average Bonchev–Trinajstić information content (AvgIpc) is 2.99. The summed E-state index contributed by atoms with van der Waals surface area (Å²) < 4.78 is 1.10. The highest BCUT2D eigenvalue weighted by atomic mass is 32.2. The number of carbonyl (C=O) groups is 1. The van der Waals surface area contributed by atoms with E-state index in [4.69, 9.17) is 0 Å². The van der Waals surface area contributed by atoms with E-state index in [1.807, 2.05) is 23.5 Å². The molecule has 0 aliphatic carbocycles. The third kappa shape index (κ3) is 5.14. The Hall–Kier alpha value is -0.790. The molecule has 1 saturated heterocycles. The highest BCUT2D eigenvalue weighted by molar-refractivity contribution is 8.00. The molecule has 0 saturated carbocycles. The van der Waals surface area contributed by atoms with Crippen LogP contribution in [0.2, 0.25) is 0 Å². The van der Waals surface area contributed by atoms with Gasteiger partial charge >= 0.3 is 6.03 Å². The number of likely N-dealkylation sites (tertiary alicyclic amines) is 1. The highest BCUT2D eigenvalue weighted by Gasteiger charge is 2.29. The lowest BCUT2D eigenvalue weighted by Crippen LogP contribution is -2.52. The Labute approximate surface area is 141 Å². The molecule has 0 unspecified atom stereocenters. The maximum absolute atomic E-state index is 12.2. The number of hydrogen-bond acceptors (Lipinski definition) is 5. The molecule has 2 rings (SSSR count). The van der Waals surface area contributed by atoms with Crippen molar-refractivity contribution in [3.63, 3.8) is 0 Å². The zero-order valence-electron chi connectivity index (χ0n) is 13.6. The van der Waals surface area contributed by atoms with Gasteiger partial charge in [-0.1, -0.05) is 18.7 Å². The van der Waals surface area contributed by atoms with Crippen molar-refractivity contribution >= 4 is 29.1 Å². The van der Waals surface area contributed by atoms with E-state index in [1.54, 1.807) is 23.1 Å². The minimum absolute atomic E-state index is 0.0562. The second-order valence-electron chi connectivity index (χ2n) is 5.94. The summed E-state index contributed by atoms with van der Waals surface area (Å²) in [4.78, 5) is 20.7. The first kappa shape index (κ1) is 17.6. The topological polar surface area (TPSA) is 48.5 Å². The number of urea groups is 1. The first-order chi connectivity index (χ1) is 10.6. The molecule has 0 aromatic carbocycles. The van der Waals surface area contributed by atoms with Gasteiger partial charge in [0.25, 0.3) is 0 Å². The van der Waals surface area contributed by atoms with Gasteiger partial charge in [0, 0.05) is 43.5 Å². The molecule has 5 nitrogen and oxygen atoms in total. The van der Waals surface area contributed by atoms with Crippen LogP contribution in [0.15, 0.2) is 15.9 Å². The van der Waals surface area contributed by atoms with Crippen molar-refractivity contribution in [2.75, 3.05) is 39.5 Å². The van der Waals surface area contributed by atoms with Gasteiger partial charge in [0.15, 0.2) is 0 Å². The van der Waals surface area contributed by atoms with E-state index in [0.29, 0.717) is 12.0 Å². The fourth-order valence-electron chi connectivity index (χ4n) is 2.90. The SMILES string of the molecule is C[C@@H]1CN(C)CC[C@@H]1N(C)C(=O)NCCCSc1nccs1. The second-order valence-corrected chi connectivity index (χ2v) is 8.18. The van der Waals surface area contributed by atoms with Crippen LogP contribution in [-0.2, 0) is 0 Å². The van der Waals surface area contributed by atoms with Gasteiger partial charge in [-0.25, -0.2) is 9.78 Å². The summed E-state index contributed by atoms with van der Waals surface area (Å²) in [5, 5.41) is 5.02. The predicted octanol–water partition coefficient (Wildman–Crippen LogP) is 2.61. The van der Waals surface area contributed by atoms with Crippen LogP contribution < -0.4 is 5.32 Å². The van der Waals surface area contributed by atoms with Gasteiger partial charge in [0.2, 0.25) is 0 Å². The van der Waals surface area contributed by atoms with Crippen LogP contribution in [0.1, 0.15) is 19.8 Å². The molecule has 124 valence electrons. The van der Waals surface area contributed by atoms with E-state index in [2.05, 4.69) is 29.2 Å². The molecule has 7 heteroatoms. The zero-order valence-corrected chi connectivity index (χ0v) is 15.3. The maximum atomic E-state index is 12.2. The fraction of sp³-hybridized carbons (Fsp3) is 0.733. The summed E-state index contributed by atoms with van der Waals surface area (Å²) in [7, 11) is 4.07. The molecule has 0 spiro atoms. The van der Waals surface area contributed by atoms with E-state index in [1.165, 1.54) is 0 Å². The Morgan fingerprint density at radius 1 is 1.64 bits per heavy atom. The number of thioether (sulfide) groups is 1. The fourth-order valence-corrected chi connectivity index (χ4v) is 4.55. The molecule has 1 aromatic rings. The minimum Gasteiger partial charge on any atom is -0.338 e. The van der Waals surface area contributed by atoms with Gasteiger partial charge < -0.3 is 15.1 Å². The van der Waals surface area contributed by atoms with Gasteiger partial charge in [-0.15, -0.1) is 11.3 Å². The Bertz CT molecular complexity index is 454. The summed E-state index contributed by atoms with van der Waals surface area (Å²) in [5.74, 6) is 1.51. The summed E-state index contributed by atoms with van der Waals surface area (Å²) >= 11 is 3.42. The molecule has 0 radical (unpaired) electrons. The molecular formula is C15H26N4OS2. The molecule has 22 heavy (non-hydrogen) atoms. The standard InChI is InChI=1S/C15H26N4OS2/c1-12-11-18(2)8-5-13(12)19(3)14(20)16-6-4-9-21-15-17-7-10-22-15/h7,10,12-13H,4-6,8-9,11H2,1-3H3,(H,16,20)/t12-,13+/m1/s1. The molecule has 1 aliphatic rings. The van der Waals surface area contributed by atoms with Crippen LogP contribution in [-0.4, -0.2) is 66.3 Å². The number of carbonyl (C=O) groups excluding carboxylic acids is 1. The maximum Gasteiger partial charge on any atom is 0.317 e. The van der Waals surface area contributed by atoms with Gasteiger partial charge in [-0.3, -0.25) is 0 Å². The first-order valence-electron chi connectivity index (χ1n) is 7.79. The lowest BCUT2D eigenvalue weighted by molar-refractivity contribution is 0.107. The molecule has 1 N–H and O–H groups in total. The monoisotopic (exact) mass is 342 g/mol. The van der Waals surface area contributed by atoms with E-state index in [0.717, 1.165) is 42.6 Å². The molecule has 1 aromatic heterocycles. The number of nitrogens with zero attached hydrogens (tertiary/aromatic N) is 3. The van der Waals surface area contributed by atoms with E-state index < -0.39 is 0 Å². The van der Waals surface area contributed by atoms with Crippen molar-refractivity contribution < 1.29 is 4.79 Å². The van der Waals surface area contributed by atoms with Gasteiger partial charge in [0.1, 0.15) is 4.34 Å². The third-order valence-electron chi connectivity index (χ3n) is 4.11. The normalized spacial score (nSPS) is 22.5. The largest absolute Gasteiger partial charge is 0.338 e. The average molecular weight is 343 g/mol. The molecule has 1 aliphatic heterocycles. The van der Waals surface area contributed by atoms with Gasteiger partial charge in [-0.05, 0) is 32.4 Å². The number of aromatic nitrogens is 1. The van der Waals surface area contributed by atoms with Crippen LogP contribution in [0.5, 0.6) is 0 Å². The third-order valence-corrected chi connectivity index (χ3v) is 6.17. The quantitative estimate of drug-likeness (QED) is 0.638. The summed E-state index contributed by atoms with van der Waals surface area (Å²) in [6.45, 7) is 5.08. The van der Waals surface area contributed by atoms with Crippen molar-refractivity contribution in [3.05, 3.63) is 11.6 Å². The van der Waals surface area contributed by atoms with Crippen LogP contribution >= 0.6 is 23.1 Å². The van der Waals surface area contributed by atoms with E-state index >= 15 is 0 Å². The van der Waals surface area contributed by atoms with Crippen LogP contribution in [0.3, 0.4) is 0 Å². The smallest absolute Gasteiger partial charge is 0.317 e. The number of piperidine rings is 1. The van der Waals surface area contributed by atoms with Crippen LogP contribution in [0.25, 0.3) is 0 Å². The van der Waals surface area contributed by atoms with Crippen molar-refractivity contribution in [1.29, 1.82) is 0 Å². The van der Waals surface area contributed by atoms with Crippen molar-refractivity contribution in [2.24, 2.45) is 5.92 Å². The number of thiazole rings is 1. The Morgan fingerprint density at radius 3 is 3.14 bits per heavy atom. The summed E-state index contributed by atoms with van der Waals surface area (Å²) in [6.07, 6.45) is 3.85. The van der Waals surface area contributed by atoms with E-state index in [-0.39, 0.29) is 6.03 Å². The van der Waals surface area contributed by atoms with Gasteiger partial charge in [0.05, 0.1) is 0 Å². The van der Waals surface area contributed by atoms with Gasteiger partial charge in [-0.2, -0.15) is 0 Å².